The van der Waals surface area contributed by atoms with Gasteiger partial charge in [0.2, 0.25) is 0 Å². The van der Waals surface area contributed by atoms with Crippen molar-refractivity contribution in [2.24, 2.45) is 0 Å². The van der Waals surface area contributed by atoms with Gasteiger partial charge in [0.15, 0.2) is 0 Å². The topological polar surface area (TPSA) is 15.3 Å². The van der Waals surface area contributed by atoms with Gasteiger partial charge < -0.3 is 5.32 Å². The summed E-state index contributed by atoms with van der Waals surface area (Å²) in [7, 11) is 0. The SMILES string of the molecule is CC(C)=CCN1CCC(NCCC(F)(F)F)CC1. The third-order valence-electron chi connectivity index (χ3n) is 3.19. The summed E-state index contributed by atoms with van der Waals surface area (Å²) < 4.78 is 36.0. The molecule has 0 aromatic carbocycles. The van der Waals surface area contributed by atoms with E-state index in [9.17, 15) is 13.2 Å². The van der Waals surface area contributed by atoms with Crippen LogP contribution >= 0.6 is 0 Å². The highest BCUT2D eigenvalue weighted by molar-refractivity contribution is 4.95. The number of nitrogens with one attached hydrogen (secondary N) is 1. The van der Waals surface area contributed by atoms with Gasteiger partial charge in [-0.05, 0) is 39.8 Å². The molecule has 0 unspecified atom stereocenters. The summed E-state index contributed by atoms with van der Waals surface area (Å²) in [6.07, 6.45) is -0.706. The van der Waals surface area contributed by atoms with Gasteiger partial charge in [0.1, 0.15) is 0 Å². The second-order valence-corrected chi connectivity index (χ2v) is 5.18. The molecule has 0 aliphatic carbocycles. The molecule has 1 N–H and O–H groups in total. The van der Waals surface area contributed by atoms with Gasteiger partial charge in [0.05, 0.1) is 6.42 Å². The number of alkyl halides is 3. The van der Waals surface area contributed by atoms with Gasteiger partial charge in [0.25, 0.3) is 0 Å². The van der Waals surface area contributed by atoms with Crippen LogP contribution < -0.4 is 5.32 Å². The van der Waals surface area contributed by atoms with Gasteiger partial charge >= 0.3 is 6.18 Å². The Hall–Kier alpha value is -0.550. The van der Waals surface area contributed by atoms with Crippen LogP contribution in [0.4, 0.5) is 13.2 Å². The average Bonchev–Trinajstić information content (AvgIpc) is 2.26. The Labute approximate surface area is 107 Å². The first-order valence-electron chi connectivity index (χ1n) is 6.52. The number of allylic oxidation sites excluding steroid dienone is 1. The molecule has 0 saturated carbocycles. The van der Waals surface area contributed by atoms with Crippen LogP contribution in [0.25, 0.3) is 0 Å². The van der Waals surface area contributed by atoms with Gasteiger partial charge in [-0.2, -0.15) is 13.2 Å². The largest absolute Gasteiger partial charge is 0.390 e. The fraction of sp³-hybridized carbons (Fsp3) is 0.846. The van der Waals surface area contributed by atoms with Crippen molar-refractivity contribution in [2.45, 2.75) is 45.3 Å². The predicted octanol–water partition coefficient (Wildman–Crippen LogP) is 2.96. The first kappa shape index (κ1) is 15.5. The van der Waals surface area contributed by atoms with E-state index >= 15 is 0 Å². The summed E-state index contributed by atoms with van der Waals surface area (Å²) >= 11 is 0. The molecule has 1 fully saturated rings. The van der Waals surface area contributed by atoms with Gasteiger partial charge in [0, 0.05) is 19.1 Å². The minimum absolute atomic E-state index is 0.0438. The van der Waals surface area contributed by atoms with Crippen molar-refractivity contribution in [2.75, 3.05) is 26.2 Å². The quantitative estimate of drug-likeness (QED) is 0.768. The van der Waals surface area contributed by atoms with Crippen LogP contribution in [0.15, 0.2) is 11.6 Å². The van der Waals surface area contributed by atoms with E-state index in [2.05, 4.69) is 30.1 Å². The highest BCUT2D eigenvalue weighted by Crippen LogP contribution is 2.19. The third kappa shape index (κ3) is 7.01. The first-order chi connectivity index (χ1) is 8.37. The van der Waals surface area contributed by atoms with Crippen molar-refractivity contribution < 1.29 is 13.2 Å². The molecule has 5 heteroatoms. The summed E-state index contributed by atoms with van der Waals surface area (Å²) in [4.78, 5) is 2.34. The molecule has 0 aromatic heterocycles. The molecule has 18 heavy (non-hydrogen) atoms. The van der Waals surface area contributed by atoms with Crippen LogP contribution in [0.2, 0.25) is 0 Å². The highest BCUT2D eigenvalue weighted by atomic mass is 19.4. The smallest absolute Gasteiger partial charge is 0.314 e. The maximum Gasteiger partial charge on any atom is 0.390 e. The number of rotatable bonds is 5. The normalized spacial score (nSPS) is 18.9. The zero-order chi connectivity index (χ0) is 13.6. The summed E-state index contributed by atoms with van der Waals surface area (Å²) in [6.45, 7) is 7.08. The maximum atomic E-state index is 12.0. The number of hydrogen-bond acceptors (Lipinski definition) is 2. The molecule has 1 rings (SSSR count). The Morgan fingerprint density at radius 3 is 2.39 bits per heavy atom. The fourth-order valence-electron chi connectivity index (χ4n) is 2.05. The molecule has 0 bridgehead atoms. The Kier molecular flexibility index (Phi) is 6.15. The summed E-state index contributed by atoms with van der Waals surface area (Å²) in [5.74, 6) is 0. The van der Waals surface area contributed by atoms with Gasteiger partial charge in [-0.3, -0.25) is 4.90 Å². The number of likely N-dealkylation sites (tertiary alicyclic amines) is 1. The molecule has 1 heterocycles. The van der Waals surface area contributed by atoms with Crippen LogP contribution in [0.1, 0.15) is 33.1 Å². The summed E-state index contributed by atoms with van der Waals surface area (Å²) in [5, 5.41) is 3.00. The molecular weight excluding hydrogens is 241 g/mol. The second kappa shape index (κ2) is 7.14. The minimum Gasteiger partial charge on any atom is -0.314 e. The molecule has 0 aromatic rings. The van der Waals surface area contributed by atoms with Crippen molar-refractivity contribution in [1.29, 1.82) is 0 Å². The van der Waals surface area contributed by atoms with E-state index in [1.807, 2.05) is 0 Å². The van der Waals surface area contributed by atoms with Crippen molar-refractivity contribution >= 4 is 0 Å². The Bertz CT molecular complexity index is 262. The number of halogens is 3. The van der Waals surface area contributed by atoms with Crippen molar-refractivity contribution in [1.82, 2.24) is 10.2 Å². The lowest BCUT2D eigenvalue weighted by Gasteiger charge is -2.32. The molecule has 1 aliphatic rings. The van der Waals surface area contributed by atoms with Crippen molar-refractivity contribution in [3.63, 3.8) is 0 Å². The fourth-order valence-corrected chi connectivity index (χ4v) is 2.05. The van der Waals surface area contributed by atoms with E-state index in [0.29, 0.717) is 0 Å². The van der Waals surface area contributed by atoms with Gasteiger partial charge in [-0.25, -0.2) is 0 Å². The van der Waals surface area contributed by atoms with Crippen molar-refractivity contribution in [3.8, 4) is 0 Å². The lowest BCUT2D eigenvalue weighted by atomic mass is 10.0. The lowest BCUT2D eigenvalue weighted by molar-refractivity contribution is -0.133. The zero-order valence-corrected chi connectivity index (χ0v) is 11.2. The predicted molar refractivity (Wildman–Crippen MR) is 67.6 cm³/mol. The molecule has 0 amide bonds. The number of hydrogen-bond donors (Lipinski definition) is 1. The monoisotopic (exact) mass is 264 g/mol. The average molecular weight is 264 g/mol. The third-order valence-corrected chi connectivity index (χ3v) is 3.19. The van der Waals surface area contributed by atoms with Crippen LogP contribution in [0, 0.1) is 0 Å². The van der Waals surface area contributed by atoms with Crippen LogP contribution in [-0.4, -0.2) is 43.3 Å². The molecule has 0 atom stereocenters. The number of nitrogens with zero attached hydrogens (tertiary/aromatic N) is 1. The number of piperidine rings is 1. The van der Waals surface area contributed by atoms with Crippen LogP contribution in [0.3, 0.4) is 0 Å². The minimum atomic E-state index is -4.04. The van der Waals surface area contributed by atoms with Crippen LogP contribution in [-0.2, 0) is 0 Å². The highest BCUT2D eigenvalue weighted by Gasteiger charge is 2.27. The van der Waals surface area contributed by atoms with E-state index in [1.165, 1.54) is 5.57 Å². The first-order valence-corrected chi connectivity index (χ1v) is 6.52. The Morgan fingerprint density at radius 2 is 1.89 bits per heavy atom. The van der Waals surface area contributed by atoms with Gasteiger partial charge in [-0.15, -0.1) is 0 Å². The molecule has 1 aliphatic heterocycles. The Morgan fingerprint density at radius 1 is 1.28 bits per heavy atom. The van der Waals surface area contributed by atoms with Crippen LogP contribution in [0.5, 0.6) is 0 Å². The second-order valence-electron chi connectivity index (χ2n) is 5.18. The van der Waals surface area contributed by atoms with Gasteiger partial charge in [-0.1, -0.05) is 11.6 Å². The standard InChI is InChI=1S/C13H23F3N2/c1-11(2)3-8-18-9-4-12(5-10-18)17-7-6-13(14,15)16/h3,12,17H,4-10H2,1-2H3. The van der Waals surface area contributed by atoms with E-state index in [4.69, 9.17) is 0 Å². The van der Waals surface area contributed by atoms with E-state index in [0.717, 1.165) is 32.5 Å². The molecular formula is C13H23F3N2. The molecule has 2 nitrogen and oxygen atoms in total. The maximum absolute atomic E-state index is 12.0. The summed E-state index contributed by atoms with van der Waals surface area (Å²) in [6, 6.07) is 0.246. The van der Waals surface area contributed by atoms with E-state index < -0.39 is 12.6 Å². The Balaban J connectivity index is 2.14. The molecule has 1 saturated heterocycles. The van der Waals surface area contributed by atoms with E-state index in [-0.39, 0.29) is 12.6 Å². The lowest BCUT2D eigenvalue weighted by Crippen LogP contribution is -2.43. The zero-order valence-electron chi connectivity index (χ0n) is 11.2. The van der Waals surface area contributed by atoms with E-state index in [1.54, 1.807) is 0 Å². The summed E-state index contributed by atoms with van der Waals surface area (Å²) in [5.41, 5.74) is 1.31. The van der Waals surface area contributed by atoms with Crippen molar-refractivity contribution in [3.05, 3.63) is 11.6 Å². The molecule has 0 spiro atoms. The molecule has 106 valence electrons. The molecule has 0 radical (unpaired) electrons.